The number of fused-ring (bicyclic) bond motifs is 4. The minimum atomic E-state index is -3.99. The molecule has 2 fully saturated rings. The highest BCUT2D eigenvalue weighted by molar-refractivity contribution is 7.87. The predicted octanol–water partition coefficient (Wildman–Crippen LogP) is 4.83. The van der Waals surface area contributed by atoms with E-state index in [9.17, 15) is 13.2 Å². The molecule has 0 unspecified atom stereocenters. The van der Waals surface area contributed by atoms with E-state index in [4.69, 9.17) is 9.47 Å². The van der Waals surface area contributed by atoms with Gasteiger partial charge in [-0.1, -0.05) is 37.5 Å². The number of ether oxygens (including phenoxy) is 2. The molecule has 7 rings (SSSR count). The molecule has 0 radical (unpaired) electrons. The smallest absolute Gasteiger partial charge is 0.303 e. The van der Waals surface area contributed by atoms with Gasteiger partial charge in [0.05, 0.1) is 25.5 Å². The molecule has 254 valence electrons. The van der Waals surface area contributed by atoms with Crippen LogP contribution in [0.3, 0.4) is 0 Å². The molecule has 4 heterocycles. The fourth-order valence-electron chi connectivity index (χ4n) is 8.00. The lowest BCUT2D eigenvalue weighted by atomic mass is 9.81. The minimum absolute atomic E-state index is 0.273. The Morgan fingerprint density at radius 1 is 0.915 bits per heavy atom. The fourth-order valence-corrected chi connectivity index (χ4v) is 8.83. The summed E-state index contributed by atoms with van der Waals surface area (Å²) < 4.78 is 44.9. The molecule has 47 heavy (non-hydrogen) atoms. The van der Waals surface area contributed by atoms with Crippen molar-refractivity contribution in [1.29, 1.82) is 0 Å². The first-order valence-electron chi connectivity index (χ1n) is 17.5. The van der Waals surface area contributed by atoms with E-state index in [1.54, 1.807) is 6.07 Å². The Hall–Kier alpha value is -2.96. The summed E-state index contributed by atoms with van der Waals surface area (Å²) in [4.78, 5) is 18.2. The molecule has 2 aromatic carbocycles. The summed E-state index contributed by atoms with van der Waals surface area (Å²) in [5.74, 6) is 1.05. The van der Waals surface area contributed by atoms with E-state index in [1.165, 1.54) is 47.4 Å². The zero-order valence-corrected chi connectivity index (χ0v) is 28.7. The first-order chi connectivity index (χ1) is 22.8. The van der Waals surface area contributed by atoms with Gasteiger partial charge in [0, 0.05) is 79.8 Å². The van der Waals surface area contributed by atoms with E-state index < -0.39 is 16.1 Å². The van der Waals surface area contributed by atoms with E-state index >= 15 is 0 Å². The lowest BCUT2D eigenvalue weighted by Crippen LogP contribution is -2.44. The molecule has 1 amide bonds. The molecule has 1 saturated carbocycles. The summed E-state index contributed by atoms with van der Waals surface area (Å²) in [7, 11) is -0.438. The maximum absolute atomic E-state index is 13.5. The van der Waals surface area contributed by atoms with Crippen molar-refractivity contribution in [2.45, 2.75) is 64.0 Å². The third kappa shape index (κ3) is 6.83. The average Bonchev–Trinajstić information content (AvgIpc) is 3.38. The molecule has 0 spiro atoms. The molecule has 1 atom stereocenters. The van der Waals surface area contributed by atoms with E-state index in [0.717, 1.165) is 93.8 Å². The molecular weight excluding hydrogens is 614 g/mol. The minimum Gasteiger partial charge on any atom is -0.492 e. The summed E-state index contributed by atoms with van der Waals surface area (Å²) in [6.07, 6.45) is 7.92. The molecule has 1 saturated heterocycles. The molecule has 1 aliphatic carbocycles. The van der Waals surface area contributed by atoms with Crippen molar-refractivity contribution in [2.75, 3.05) is 66.6 Å². The summed E-state index contributed by atoms with van der Waals surface area (Å²) >= 11 is 0. The molecule has 3 aliphatic heterocycles. The van der Waals surface area contributed by atoms with Gasteiger partial charge < -0.3 is 18.9 Å². The van der Waals surface area contributed by atoms with Crippen LogP contribution in [-0.2, 0) is 28.0 Å². The second-order valence-corrected chi connectivity index (χ2v) is 15.8. The van der Waals surface area contributed by atoms with Crippen LogP contribution in [0.25, 0.3) is 22.2 Å². The second kappa shape index (κ2) is 13.9. The molecule has 4 bridgehead atoms. The Morgan fingerprint density at radius 2 is 1.72 bits per heavy atom. The Balaban J connectivity index is 1.41. The van der Waals surface area contributed by atoms with Crippen molar-refractivity contribution in [3.63, 3.8) is 0 Å². The van der Waals surface area contributed by atoms with E-state index in [1.807, 2.05) is 13.1 Å². The number of nitrogens with zero attached hydrogens (tertiary/aromatic N) is 4. The van der Waals surface area contributed by atoms with Crippen LogP contribution < -0.4 is 9.46 Å². The highest BCUT2D eigenvalue weighted by Crippen LogP contribution is 2.48. The number of carbonyl (C=O) groups excluding carboxylic acids is 1. The normalized spacial score (nSPS) is 24.0. The summed E-state index contributed by atoms with van der Waals surface area (Å²) in [6, 6.07) is 12.4. The summed E-state index contributed by atoms with van der Waals surface area (Å²) in [6.45, 7) is 7.25. The summed E-state index contributed by atoms with van der Waals surface area (Å²) in [5.41, 5.74) is 6.23. The van der Waals surface area contributed by atoms with Crippen LogP contribution in [0.2, 0.25) is 0 Å². The molecule has 3 aromatic rings. The Kier molecular flexibility index (Phi) is 9.62. The van der Waals surface area contributed by atoms with Gasteiger partial charge in [0.1, 0.15) is 5.75 Å². The number of likely N-dealkylation sites (N-methyl/N-ethyl adjacent to an activating group) is 2. The topological polar surface area (TPSA) is 96.3 Å². The number of hydrogen-bond donors (Lipinski definition) is 1. The number of rotatable bonds is 3. The molecule has 4 aliphatic rings. The van der Waals surface area contributed by atoms with Gasteiger partial charge in [-0.15, -0.1) is 0 Å². The molecule has 10 nitrogen and oxygen atoms in total. The van der Waals surface area contributed by atoms with Gasteiger partial charge in [-0.3, -0.25) is 9.69 Å². The molecule has 1 N–H and O–H groups in total. The highest BCUT2D eigenvalue weighted by Gasteiger charge is 2.32. The van der Waals surface area contributed by atoms with Crippen LogP contribution in [0.4, 0.5) is 0 Å². The second-order valence-electron chi connectivity index (χ2n) is 14.0. The predicted molar refractivity (Wildman–Crippen MR) is 184 cm³/mol. The van der Waals surface area contributed by atoms with E-state index in [2.05, 4.69) is 43.4 Å². The van der Waals surface area contributed by atoms with Crippen molar-refractivity contribution < 1.29 is 22.7 Å². The van der Waals surface area contributed by atoms with Crippen LogP contribution in [0.1, 0.15) is 72.3 Å². The zero-order chi connectivity index (χ0) is 32.5. The van der Waals surface area contributed by atoms with E-state index in [0.29, 0.717) is 31.2 Å². The lowest BCUT2D eigenvalue weighted by molar-refractivity contribution is 0.0337. The van der Waals surface area contributed by atoms with Crippen molar-refractivity contribution in [1.82, 2.24) is 23.4 Å². The van der Waals surface area contributed by atoms with Crippen LogP contribution in [0.15, 0.2) is 36.4 Å². The summed E-state index contributed by atoms with van der Waals surface area (Å²) in [5, 5.41) is 1.16. The third-order valence-corrected chi connectivity index (χ3v) is 12.2. The van der Waals surface area contributed by atoms with Gasteiger partial charge in [-0.2, -0.15) is 12.7 Å². The van der Waals surface area contributed by atoms with Gasteiger partial charge in [-0.25, -0.2) is 4.72 Å². The maximum atomic E-state index is 13.5. The zero-order valence-electron chi connectivity index (χ0n) is 27.9. The molecule has 11 heteroatoms. The van der Waals surface area contributed by atoms with Crippen molar-refractivity contribution in [3.8, 4) is 17.0 Å². The largest absolute Gasteiger partial charge is 0.492 e. The monoisotopic (exact) mass is 663 g/mol. The van der Waals surface area contributed by atoms with Crippen molar-refractivity contribution >= 4 is 27.0 Å². The van der Waals surface area contributed by atoms with Crippen LogP contribution >= 0.6 is 0 Å². The average molecular weight is 664 g/mol. The van der Waals surface area contributed by atoms with Crippen molar-refractivity contribution in [2.24, 2.45) is 5.92 Å². The standard InChI is InChI=1S/C36H49N5O5S/c1-38-15-7-8-26-23-41-32-22-28(36(42)37-47(43,44)39(2)17-16-38)13-14-30(32)33(27-9-4-3-5-10-27)34(41)31-12-6-11-29(35(31)46-25-26)24-40-18-20-45-21-19-40/h6,11-14,22,26-27H,3-5,7-10,15-21,23-25H2,1-2H3,(H,37,42)/t26-/m1/s1. The number of nitrogens with one attached hydrogen (secondary N) is 1. The number of benzene rings is 2. The quantitative estimate of drug-likeness (QED) is 0.429. The van der Waals surface area contributed by atoms with Crippen LogP contribution in [-0.4, -0.2) is 99.6 Å². The lowest BCUT2D eigenvalue weighted by Gasteiger charge is -2.31. The van der Waals surface area contributed by atoms with Gasteiger partial charge in [0.15, 0.2) is 0 Å². The Morgan fingerprint density at radius 3 is 2.53 bits per heavy atom. The molecular formula is C36H49N5O5S. The van der Waals surface area contributed by atoms with Gasteiger partial charge in [-0.05, 0) is 69.0 Å². The number of para-hydroxylation sites is 1. The number of carbonyl (C=O) groups is 1. The first-order valence-corrected chi connectivity index (χ1v) is 18.9. The Bertz CT molecular complexity index is 1710. The maximum Gasteiger partial charge on any atom is 0.303 e. The van der Waals surface area contributed by atoms with Crippen LogP contribution in [0.5, 0.6) is 5.75 Å². The van der Waals surface area contributed by atoms with Gasteiger partial charge in [0.25, 0.3) is 5.91 Å². The van der Waals surface area contributed by atoms with Gasteiger partial charge >= 0.3 is 10.2 Å². The van der Waals surface area contributed by atoms with E-state index in [-0.39, 0.29) is 5.92 Å². The number of aromatic nitrogens is 1. The number of morpholine rings is 1. The molecule has 1 aromatic heterocycles. The SMILES string of the molecule is CN1CCC[C@H]2COc3c(CN4CCOCC4)cccc3-c3c(C4CCCCC4)c4ccc(cc4n3C2)C(=O)NS(=O)(=O)N(C)CC1. The number of amides is 1. The third-order valence-electron chi connectivity index (χ3n) is 10.7. The Labute approximate surface area is 279 Å². The number of hydrogen-bond acceptors (Lipinski definition) is 7. The first kappa shape index (κ1) is 32.6. The van der Waals surface area contributed by atoms with Crippen molar-refractivity contribution in [3.05, 3.63) is 53.1 Å². The van der Waals surface area contributed by atoms with Gasteiger partial charge in [0.2, 0.25) is 0 Å². The highest BCUT2D eigenvalue weighted by atomic mass is 32.2. The fraction of sp³-hybridized carbons (Fsp3) is 0.583. The van der Waals surface area contributed by atoms with Crippen LogP contribution in [0, 0.1) is 5.92 Å².